The van der Waals surface area contributed by atoms with Gasteiger partial charge in [0.2, 0.25) is 0 Å². The van der Waals surface area contributed by atoms with E-state index in [4.69, 9.17) is 4.84 Å². The zero-order valence-corrected chi connectivity index (χ0v) is 13.5. The van der Waals surface area contributed by atoms with Gasteiger partial charge in [-0.1, -0.05) is 57.2 Å². The molecule has 0 saturated carbocycles. The van der Waals surface area contributed by atoms with Gasteiger partial charge in [-0.05, 0) is 18.6 Å². The number of anilines is 1. The van der Waals surface area contributed by atoms with Gasteiger partial charge in [-0.2, -0.15) is 5.06 Å². The summed E-state index contributed by atoms with van der Waals surface area (Å²) in [4.78, 5) is 8.32. The summed E-state index contributed by atoms with van der Waals surface area (Å²) in [6.45, 7) is 7.27. The average molecular weight is 290 g/mol. The molecule has 0 N–H and O–H groups in total. The molecule has 0 amide bonds. The Bertz CT molecular complexity index is 361. The Morgan fingerprint density at radius 3 is 2.24 bits per heavy atom. The molecule has 1 aromatic rings. The van der Waals surface area contributed by atoms with Crippen molar-refractivity contribution in [1.82, 2.24) is 5.06 Å². The fourth-order valence-corrected chi connectivity index (χ4v) is 2.79. The van der Waals surface area contributed by atoms with E-state index < -0.39 is 0 Å². The molecule has 21 heavy (non-hydrogen) atoms. The van der Waals surface area contributed by atoms with Gasteiger partial charge in [0.1, 0.15) is 0 Å². The van der Waals surface area contributed by atoms with Gasteiger partial charge in [0.15, 0.2) is 0 Å². The van der Waals surface area contributed by atoms with E-state index in [1.807, 2.05) is 0 Å². The maximum absolute atomic E-state index is 5.88. The Kier molecular flexibility index (Phi) is 7.61. The molecule has 0 atom stereocenters. The predicted molar refractivity (Wildman–Crippen MR) is 89.6 cm³/mol. The van der Waals surface area contributed by atoms with Crippen LogP contribution in [0, 0.1) is 0 Å². The maximum atomic E-state index is 5.88. The Balaban J connectivity index is 1.53. The number of benzene rings is 1. The van der Waals surface area contributed by atoms with Crippen LogP contribution in [0.4, 0.5) is 5.69 Å². The van der Waals surface area contributed by atoms with E-state index in [-0.39, 0.29) is 0 Å². The third-order valence-corrected chi connectivity index (χ3v) is 4.13. The molecular formula is C18H30N2O. The lowest BCUT2D eigenvalue weighted by Gasteiger charge is -2.35. The minimum Gasteiger partial charge on any atom is -0.369 e. The largest absolute Gasteiger partial charge is 0.369 e. The van der Waals surface area contributed by atoms with Crippen LogP contribution in [0.5, 0.6) is 0 Å². The lowest BCUT2D eigenvalue weighted by atomic mass is 10.1. The highest BCUT2D eigenvalue weighted by atomic mass is 16.7. The van der Waals surface area contributed by atoms with Crippen LogP contribution < -0.4 is 4.90 Å². The summed E-state index contributed by atoms with van der Waals surface area (Å²) in [5.74, 6) is 0. The SMILES string of the molecule is CCCCCCCCON1CCN(c2ccccc2)CC1. The molecule has 0 aromatic heterocycles. The smallest absolute Gasteiger partial charge is 0.0685 e. The molecule has 1 aromatic carbocycles. The summed E-state index contributed by atoms with van der Waals surface area (Å²) in [5, 5.41) is 2.14. The van der Waals surface area contributed by atoms with Crippen molar-refractivity contribution in [2.75, 3.05) is 37.7 Å². The summed E-state index contributed by atoms with van der Waals surface area (Å²) >= 11 is 0. The Hall–Kier alpha value is -1.06. The van der Waals surface area contributed by atoms with Gasteiger partial charge in [0.05, 0.1) is 6.61 Å². The number of hydrogen-bond donors (Lipinski definition) is 0. The number of rotatable bonds is 9. The third-order valence-electron chi connectivity index (χ3n) is 4.13. The number of unbranched alkanes of at least 4 members (excludes halogenated alkanes) is 5. The molecule has 0 spiro atoms. The molecule has 0 unspecified atom stereocenters. The Morgan fingerprint density at radius 2 is 1.52 bits per heavy atom. The summed E-state index contributed by atoms with van der Waals surface area (Å²) in [5.41, 5.74) is 1.33. The normalized spacial score (nSPS) is 16.3. The second-order valence-corrected chi connectivity index (χ2v) is 5.85. The number of nitrogens with zero attached hydrogens (tertiary/aromatic N) is 2. The summed E-state index contributed by atoms with van der Waals surface area (Å²) < 4.78 is 0. The van der Waals surface area contributed by atoms with Crippen LogP contribution in [0.2, 0.25) is 0 Å². The quantitative estimate of drug-likeness (QED) is 0.637. The average Bonchev–Trinajstić information content (AvgIpc) is 2.55. The van der Waals surface area contributed by atoms with Gasteiger partial charge in [0.25, 0.3) is 0 Å². The van der Waals surface area contributed by atoms with Crippen molar-refractivity contribution in [2.24, 2.45) is 0 Å². The fraction of sp³-hybridized carbons (Fsp3) is 0.667. The molecule has 1 aliphatic heterocycles. The van der Waals surface area contributed by atoms with Crippen molar-refractivity contribution in [1.29, 1.82) is 0 Å². The van der Waals surface area contributed by atoms with Crippen LogP contribution in [-0.2, 0) is 4.84 Å². The van der Waals surface area contributed by atoms with Gasteiger partial charge >= 0.3 is 0 Å². The molecule has 0 aliphatic carbocycles. The molecule has 0 radical (unpaired) electrons. The van der Waals surface area contributed by atoms with Crippen molar-refractivity contribution in [3.63, 3.8) is 0 Å². The first-order valence-corrected chi connectivity index (χ1v) is 8.58. The van der Waals surface area contributed by atoms with E-state index in [0.717, 1.165) is 32.8 Å². The number of hydroxylamine groups is 2. The van der Waals surface area contributed by atoms with Crippen LogP contribution in [0.3, 0.4) is 0 Å². The highest BCUT2D eigenvalue weighted by Gasteiger charge is 2.17. The number of para-hydroxylation sites is 1. The first-order valence-electron chi connectivity index (χ1n) is 8.58. The third kappa shape index (κ3) is 6.06. The standard InChI is InChI=1S/C18H30N2O/c1-2-3-4-5-6-10-17-21-20-15-13-19(14-16-20)18-11-8-7-9-12-18/h7-9,11-12H,2-6,10,13-17H2,1H3. The van der Waals surface area contributed by atoms with Crippen LogP contribution in [0.25, 0.3) is 0 Å². The van der Waals surface area contributed by atoms with E-state index >= 15 is 0 Å². The minimum atomic E-state index is 0.886. The van der Waals surface area contributed by atoms with Gasteiger partial charge in [-0.3, -0.25) is 4.84 Å². The van der Waals surface area contributed by atoms with Crippen molar-refractivity contribution >= 4 is 5.69 Å². The fourth-order valence-electron chi connectivity index (χ4n) is 2.79. The minimum absolute atomic E-state index is 0.886. The van der Waals surface area contributed by atoms with Crippen LogP contribution >= 0.6 is 0 Å². The maximum Gasteiger partial charge on any atom is 0.0685 e. The molecule has 0 bridgehead atoms. The van der Waals surface area contributed by atoms with E-state index in [2.05, 4.69) is 47.2 Å². The molecule has 2 rings (SSSR count). The Labute approximate surface area is 129 Å². The van der Waals surface area contributed by atoms with Crippen molar-refractivity contribution < 1.29 is 4.84 Å². The van der Waals surface area contributed by atoms with Crippen LogP contribution in [0.15, 0.2) is 30.3 Å². The summed E-state index contributed by atoms with van der Waals surface area (Å²) in [6, 6.07) is 10.7. The molecule has 3 nitrogen and oxygen atoms in total. The topological polar surface area (TPSA) is 15.7 Å². The molecule has 3 heteroatoms. The van der Waals surface area contributed by atoms with Gasteiger partial charge < -0.3 is 4.90 Å². The van der Waals surface area contributed by atoms with Crippen molar-refractivity contribution in [3.05, 3.63) is 30.3 Å². The van der Waals surface area contributed by atoms with Crippen LogP contribution in [0.1, 0.15) is 45.4 Å². The molecule has 1 saturated heterocycles. The molecule has 1 heterocycles. The zero-order chi connectivity index (χ0) is 14.8. The van der Waals surface area contributed by atoms with E-state index in [9.17, 15) is 0 Å². The second-order valence-electron chi connectivity index (χ2n) is 5.85. The van der Waals surface area contributed by atoms with E-state index in [0.29, 0.717) is 0 Å². The summed E-state index contributed by atoms with van der Waals surface area (Å²) in [6.07, 6.45) is 7.95. The first kappa shape index (κ1) is 16.3. The molecule has 1 fully saturated rings. The zero-order valence-electron chi connectivity index (χ0n) is 13.5. The van der Waals surface area contributed by atoms with E-state index in [1.54, 1.807) is 0 Å². The van der Waals surface area contributed by atoms with Crippen LogP contribution in [-0.4, -0.2) is 37.8 Å². The van der Waals surface area contributed by atoms with Crippen molar-refractivity contribution in [3.8, 4) is 0 Å². The monoisotopic (exact) mass is 290 g/mol. The molecule has 1 aliphatic rings. The summed E-state index contributed by atoms with van der Waals surface area (Å²) in [7, 11) is 0. The van der Waals surface area contributed by atoms with Crippen molar-refractivity contribution in [2.45, 2.75) is 45.4 Å². The first-order chi connectivity index (χ1) is 10.4. The lowest BCUT2D eigenvalue weighted by molar-refractivity contribution is -0.162. The lowest BCUT2D eigenvalue weighted by Crippen LogP contribution is -2.46. The predicted octanol–water partition coefficient (Wildman–Crippen LogP) is 4.10. The molecule has 118 valence electrons. The second kappa shape index (κ2) is 9.80. The number of piperazine rings is 1. The van der Waals surface area contributed by atoms with E-state index in [1.165, 1.54) is 44.2 Å². The highest BCUT2D eigenvalue weighted by molar-refractivity contribution is 5.46. The number of hydrogen-bond acceptors (Lipinski definition) is 3. The van der Waals surface area contributed by atoms with Gasteiger partial charge in [-0.15, -0.1) is 0 Å². The Morgan fingerprint density at radius 1 is 0.857 bits per heavy atom. The molecular weight excluding hydrogens is 260 g/mol. The van der Waals surface area contributed by atoms with Gasteiger partial charge in [0, 0.05) is 31.9 Å². The highest BCUT2D eigenvalue weighted by Crippen LogP contribution is 2.15. The van der Waals surface area contributed by atoms with Gasteiger partial charge in [-0.25, -0.2) is 0 Å².